The molecule has 0 aliphatic rings. The van der Waals surface area contributed by atoms with E-state index in [0.717, 1.165) is 0 Å². The predicted octanol–water partition coefficient (Wildman–Crippen LogP) is 2.54. The first-order chi connectivity index (χ1) is 9.79. The molecule has 9 heteroatoms. The summed E-state index contributed by atoms with van der Waals surface area (Å²) in [5.74, 6) is -0.331. The van der Waals surface area contributed by atoms with E-state index in [-0.39, 0.29) is 17.1 Å². The summed E-state index contributed by atoms with van der Waals surface area (Å²) in [6.07, 6.45) is 1.42. The summed E-state index contributed by atoms with van der Waals surface area (Å²) in [6.45, 7) is 0. The van der Waals surface area contributed by atoms with E-state index in [2.05, 4.69) is 9.82 Å². The van der Waals surface area contributed by atoms with Crippen molar-refractivity contribution in [2.45, 2.75) is 5.75 Å². The molecule has 6 nitrogen and oxygen atoms in total. The molecule has 0 saturated heterocycles. The summed E-state index contributed by atoms with van der Waals surface area (Å²) in [4.78, 5) is 0. The maximum Gasteiger partial charge on any atom is 0.238 e. The predicted molar refractivity (Wildman–Crippen MR) is 80.6 cm³/mol. The molecule has 0 bridgehead atoms. The molecular formula is C12H10Cl2N4O2S. The quantitative estimate of drug-likeness (QED) is 0.922. The first-order valence-electron chi connectivity index (χ1n) is 5.68. The third-order valence-corrected chi connectivity index (χ3v) is 4.13. The third-order valence-electron chi connectivity index (χ3n) is 2.48. The Labute approximate surface area is 132 Å². The molecule has 0 radical (unpaired) electrons. The van der Waals surface area contributed by atoms with Crippen molar-refractivity contribution in [1.29, 1.82) is 5.26 Å². The van der Waals surface area contributed by atoms with Gasteiger partial charge < -0.3 is 0 Å². The van der Waals surface area contributed by atoms with Crippen LogP contribution in [0.15, 0.2) is 24.4 Å². The van der Waals surface area contributed by atoms with Crippen molar-refractivity contribution in [3.63, 3.8) is 0 Å². The lowest BCUT2D eigenvalue weighted by Gasteiger charge is -2.07. The number of nitrogens with zero attached hydrogens (tertiary/aromatic N) is 3. The van der Waals surface area contributed by atoms with Crippen molar-refractivity contribution in [2.24, 2.45) is 7.05 Å². The lowest BCUT2D eigenvalue weighted by atomic mass is 10.2. The minimum Gasteiger partial charge on any atom is -0.272 e. The van der Waals surface area contributed by atoms with Gasteiger partial charge in [-0.05, 0) is 23.8 Å². The van der Waals surface area contributed by atoms with Crippen molar-refractivity contribution in [2.75, 3.05) is 4.72 Å². The Morgan fingerprint density at radius 3 is 2.52 bits per heavy atom. The van der Waals surface area contributed by atoms with Crippen LogP contribution < -0.4 is 4.72 Å². The van der Waals surface area contributed by atoms with Crippen LogP contribution in [0.5, 0.6) is 0 Å². The van der Waals surface area contributed by atoms with Crippen molar-refractivity contribution >= 4 is 39.0 Å². The highest BCUT2D eigenvalue weighted by atomic mass is 35.5. The molecule has 0 aliphatic heterocycles. The fourth-order valence-electron chi connectivity index (χ4n) is 1.74. The molecule has 110 valence electrons. The zero-order valence-corrected chi connectivity index (χ0v) is 13.2. The second-order valence-corrected chi connectivity index (χ2v) is 6.91. The van der Waals surface area contributed by atoms with Crippen LogP contribution in [0.4, 0.5) is 5.82 Å². The number of aromatic nitrogens is 2. The second-order valence-electron chi connectivity index (χ2n) is 4.32. The summed E-state index contributed by atoms with van der Waals surface area (Å²) in [7, 11) is -2.14. The van der Waals surface area contributed by atoms with Crippen LogP contribution in [0.2, 0.25) is 10.0 Å². The summed E-state index contributed by atoms with van der Waals surface area (Å²) in [5, 5.41) is 13.5. The summed E-state index contributed by atoms with van der Waals surface area (Å²) in [6, 6.07) is 6.40. The van der Waals surface area contributed by atoms with Gasteiger partial charge in [-0.1, -0.05) is 23.2 Å². The monoisotopic (exact) mass is 344 g/mol. The number of anilines is 1. The molecule has 2 aromatic rings. The molecule has 0 amide bonds. The molecule has 1 N–H and O–H groups in total. The molecule has 21 heavy (non-hydrogen) atoms. The minimum atomic E-state index is -3.73. The maximum absolute atomic E-state index is 12.1. The molecule has 1 heterocycles. The van der Waals surface area contributed by atoms with Gasteiger partial charge in [0.15, 0.2) is 5.82 Å². The Morgan fingerprint density at radius 2 is 1.95 bits per heavy atom. The maximum atomic E-state index is 12.1. The molecule has 1 aromatic heterocycles. The lowest BCUT2D eigenvalue weighted by molar-refractivity contribution is 0.600. The molecular weight excluding hydrogens is 335 g/mol. The van der Waals surface area contributed by atoms with E-state index < -0.39 is 10.0 Å². The molecule has 2 rings (SSSR count). The van der Waals surface area contributed by atoms with Crippen molar-refractivity contribution in [3.05, 3.63) is 45.6 Å². The van der Waals surface area contributed by atoms with E-state index in [1.54, 1.807) is 7.05 Å². The number of halogens is 2. The molecule has 0 unspecified atom stereocenters. The first-order valence-corrected chi connectivity index (χ1v) is 8.09. The highest BCUT2D eigenvalue weighted by Crippen LogP contribution is 2.21. The van der Waals surface area contributed by atoms with Crippen LogP contribution >= 0.6 is 23.2 Å². The summed E-state index contributed by atoms with van der Waals surface area (Å²) in [5.41, 5.74) is 0.583. The van der Waals surface area contributed by atoms with Gasteiger partial charge in [-0.3, -0.25) is 9.40 Å². The number of hydrogen-bond donors (Lipinski definition) is 1. The number of aryl methyl sites for hydroxylation is 1. The lowest BCUT2D eigenvalue weighted by Crippen LogP contribution is -2.16. The van der Waals surface area contributed by atoms with Crippen LogP contribution in [-0.4, -0.2) is 18.2 Å². The number of nitriles is 1. The van der Waals surface area contributed by atoms with Gasteiger partial charge in [-0.15, -0.1) is 0 Å². The topological polar surface area (TPSA) is 87.8 Å². The number of benzene rings is 1. The zero-order chi connectivity index (χ0) is 15.6. The molecule has 0 fully saturated rings. The van der Waals surface area contributed by atoms with Crippen LogP contribution in [0.1, 0.15) is 11.1 Å². The Morgan fingerprint density at radius 1 is 1.33 bits per heavy atom. The Bertz CT molecular complexity index is 804. The average molecular weight is 345 g/mol. The van der Waals surface area contributed by atoms with Crippen LogP contribution in [-0.2, 0) is 22.8 Å². The van der Waals surface area contributed by atoms with E-state index >= 15 is 0 Å². The zero-order valence-electron chi connectivity index (χ0n) is 10.8. The number of hydrogen-bond acceptors (Lipinski definition) is 4. The summed E-state index contributed by atoms with van der Waals surface area (Å²) < 4.78 is 27.9. The number of nitrogens with one attached hydrogen (secondary N) is 1. The van der Waals surface area contributed by atoms with E-state index in [0.29, 0.717) is 15.6 Å². The Hall–Kier alpha value is -1.75. The molecule has 0 aliphatic carbocycles. The third kappa shape index (κ3) is 4.11. The molecule has 0 atom stereocenters. The highest BCUT2D eigenvalue weighted by Gasteiger charge is 2.17. The van der Waals surface area contributed by atoms with Gasteiger partial charge in [-0.25, -0.2) is 8.42 Å². The van der Waals surface area contributed by atoms with Crippen LogP contribution in [0.3, 0.4) is 0 Å². The minimum absolute atomic E-state index is 0.00637. The van der Waals surface area contributed by atoms with Gasteiger partial charge in [0, 0.05) is 23.3 Å². The second kappa shape index (κ2) is 5.93. The van der Waals surface area contributed by atoms with Gasteiger partial charge in [0.05, 0.1) is 5.75 Å². The van der Waals surface area contributed by atoms with Gasteiger partial charge >= 0.3 is 0 Å². The van der Waals surface area contributed by atoms with E-state index in [9.17, 15) is 8.42 Å². The SMILES string of the molecule is Cn1cc(C#N)c(NS(=O)(=O)Cc2cc(Cl)cc(Cl)c2)n1. The standard InChI is InChI=1S/C12H10Cl2N4O2S/c1-18-6-9(5-15)12(16-18)17-21(19,20)7-8-2-10(13)4-11(14)3-8/h2-4,6H,7H2,1H3,(H,16,17). The largest absolute Gasteiger partial charge is 0.272 e. The van der Waals surface area contributed by atoms with Crippen LogP contribution in [0.25, 0.3) is 0 Å². The molecule has 1 aromatic carbocycles. The normalized spacial score (nSPS) is 11.1. The van der Waals surface area contributed by atoms with Gasteiger partial charge in [0.25, 0.3) is 0 Å². The highest BCUT2D eigenvalue weighted by molar-refractivity contribution is 7.91. The van der Waals surface area contributed by atoms with Crippen LogP contribution in [0, 0.1) is 11.3 Å². The van der Waals surface area contributed by atoms with Gasteiger partial charge in [-0.2, -0.15) is 10.4 Å². The Kier molecular flexibility index (Phi) is 4.42. The molecule has 0 spiro atoms. The number of sulfonamides is 1. The van der Waals surface area contributed by atoms with E-state index in [1.807, 2.05) is 6.07 Å². The van der Waals surface area contributed by atoms with Crippen molar-refractivity contribution < 1.29 is 8.42 Å². The smallest absolute Gasteiger partial charge is 0.238 e. The summed E-state index contributed by atoms with van der Waals surface area (Å²) >= 11 is 11.7. The molecule has 0 saturated carbocycles. The Balaban J connectivity index is 2.24. The number of rotatable bonds is 4. The average Bonchev–Trinajstić information content (AvgIpc) is 2.66. The van der Waals surface area contributed by atoms with E-state index in [1.165, 1.54) is 29.1 Å². The van der Waals surface area contributed by atoms with Crippen molar-refractivity contribution in [3.8, 4) is 6.07 Å². The van der Waals surface area contributed by atoms with Crippen molar-refractivity contribution in [1.82, 2.24) is 9.78 Å². The van der Waals surface area contributed by atoms with Gasteiger partial charge in [0.1, 0.15) is 11.6 Å². The fraction of sp³-hybridized carbons (Fsp3) is 0.167. The van der Waals surface area contributed by atoms with Gasteiger partial charge in [0.2, 0.25) is 10.0 Å². The van der Waals surface area contributed by atoms with E-state index in [4.69, 9.17) is 28.5 Å². The fourth-order valence-corrected chi connectivity index (χ4v) is 3.44. The first kappa shape index (κ1) is 15.6.